The second-order valence-electron chi connectivity index (χ2n) is 6.05. The van der Waals surface area contributed by atoms with Crippen LogP contribution < -0.4 is 5.32 Å². The third-order valence-corrected chi connectivity index (χ3v) is 5.48. The molecule has 0 spiro atoms. The molecule has 26 heavy (non-hydrogen) atoms. The molecule has 1 heterocycles. The zero-order chi connectivity index (χ0) is 18.9. The Balaban J connectivity index is 1.71. The summed E-state index contributed by atoms with van der Waals surface area (Å²) >= 11 is 7.61. The number of methoxy groups -OCH3 is 1. The molecule has 5 nitrogen and oxygen atoms in total. The highest BCUT2D eigenvalue weighted by Gasteiger charge is 2.12. The van der Waals surface area contributed by atoms with Gasteiger partial charge in [-0.15, -0.1) is 11.8 Å². The molecule has 142 valence electrons. The van der Waals surface area contributed by atoms with Crippen LogP contribution in [0.5, 0.6) is 0 Å². The maximum absolute atomic E-state index is 12.1. The molecular formula is C19H26ClN3O2S. The lowest BCUT2D eigenvalue weighted by atomic mass is 10.2. The largest absolute Gasteiger partial charge is 0.383 e. The number of nitrogens with one attached hydrogen (secondary N) is 1. The number of aromatic nitrogens is 2. The number of hydrogen-bond donors (Lipinski definition) is 1. The fourth-order valence-corrected chi connectivity index (χ4v) is 3.59. The molecule has 1 amide bonds. The first-order valence-electron chi connectivity index (χ1n) is 8.68. The van der Waals surface area contributed by atoms with E-state index in [0.717, 1.165) is 40.7 Å². The third kappa shape index (κ3) is 6.34. The quantitative estimate of drug-likeness (QED) is 0.488. The number of ether oxygens (including phenoxy) is 1. The van der Waals surface area contributed by atoms with Gasteiger partial charge in [0, 0.05) is 41.3 Å². The SMILES string of the molecule is COCCn1nc(C)c(CNC(=O)CCCSc2ccc(Cl)cc2)c1C. The van der Waals surface area contributed by atoms with E-state index >= 15 is 0 Å². The summed E-state index contributed by atoms with van der Waals surface area (Å²) in [6, 6.07) is 7.77. The lowest BCUT2D eigenvalue weighted by Crippen LogP contribution is -2.23. The molecule has 0 aliphatic rings. The minimum Gasteiger partial charge on any atom is -0.383 e. The molecule has 0 saturated heterocycles. The molecule has 0 fully saturated rings. The van der Waals surface area contributed by atoms with Crippen molar-refractivity contribution in [3.05, 3.63) is 46.2 Å². The first-order valence-corrected chi connectivity index (χ1v) is 10.0. The van der Waals surface area contributed by atoms with Crippen molar-refractivity contribution < 1.29 is 9.53 Å². The average molecular weight is 396 g/mol. The van der Waals surface area contributed by atoms with E-state index in [9.17, 15) is 4.79 Å². The van der Waals surface area contributed by atoms with Crippen LogP contribution in [0.4, 0.5) is 0 Å². The van der Waals surface area contributed by atoms with Crippen LogP contribution in [0.3, 0.4) is 0 Å². The lowest BCUT2D eigenvalue weighted by molar-refractivity contribution is -0.121. The smallest absolute Gasteiger partial charge is 0.220 e. The van der Waals surface area contributed by atoms with Gasteiger partial charge >= 0.3 is 0 Å². The minimum absolute atomic E-state index is 0.0742. The highest BCUT2D eigenvalue weighted by molar-refractivity contribution is 7.99. The molecule has 0 aliphatic heterocycles. The van der Waals surface area contributed by atoms with E-state index in [2.05, 4.69) is 10.4 Å². The average Bonchev–Trinajstić information content (AvgIpc) is 2.90. The van der Waals surface area contributed by atoms with E-state index < -0.39 is 0 Å². The summed E-state index contributed by atoms with van der Waals surface area (Å²) in [5.41, 5.74) is 3.13. The highest BCUT2D eigenvalue weighted by atomic mass is 35.5. The van der Waals surface area contributed by atoms with Gasteiger partial charge in [0.05, 0.1) is 18.8 Å². The molecule has 2 rings (SSSR count). The van der Waals surface area contributed by atoms with Gasteiger partial charge in [-0.25, -0.2) is 0 Å². The van der Waals surface area contributed by atoms with Gasteiger partial charge < -0.3 is 10.1 Å². The maximum atomic E-state index is 12.1. The van der Waals surface area contributed by atoms with Gasteiger partial charge in [0.25, 0.3) is 0 Å². The Bertz CT molecular complexity index is 716. The summed E-state index contributed by atoms with van der Waals surface area (Å²) in [6.07, 6.45) is 1.36. The first-order chi connectivity index (χ1) is 12.5. The number of hydrogen-bond acceptors (Lipinski definition) is 4. The number of benzene rings is 1. The molecule has 7 heteroatoms. The number of nitrogens with zero attached hydrogens (tertiary/aromatic N) is 2. The highest BCUT2D eigenvalue weighted by Crippen LogP contribution is 2.21. The number of aryl methyl sites for hydroxylation is 1. The van der Waals surface area contributed by atoms with Crippen molar-refractivity contribution in [1.29, 1.82) is 0 Å². The third-order valence-electron chi connectivity index (χ3n) is 4.13. The van der Waals surface area contributed by atoms with Crippen LogP contribution in [0.25, 0.3) is 0 Å². The van der Waals surface area contributed by atoms with Crippen molar-refractivity contribution in [2.75, 3.05) is 19.5 Å². The Morgan fingerprint density at radius 3 is 2.73 bits per heavy atom. The van der Waals surface area contributed by atoms with Gasteiger partial charge in [0.2, 0.25) is 5.91 Å². The number of thioether (sulfide) groups is 1. The van der Waals surface area contributed by atoms with E-state index in [1.807, 2.05) is 42.8 Å². The van der Waals surface area contributed by atoms with Gasteiger partial charge in [-0.1, -0.05) is 11.6 Å². The number of halogens is 1. The number of carbonyl (C=O) groups excluding carboxylic acids is 1. The van der Waals surface area contributed by atoms with Crippen LogP contribution in [-0.2, 0) is 22.6 Å². The molecule has 0 saturated carbocycles. The molecule has 0 aliphatic carbocycles. The first kappa shape index (κ1) is 20.8. The monoisotopic (exact) mass is 395 g/mol. The second-order valence-corrected chi connectivity index (χ2v) is 7.65. The van der Waals surface area contributed by atoms with Gasteiger partial charge in [-0.05, 0) is 50.3 Å². The topological polar surface area (TPSA) is 56.1 Å². The van der Waals surface area contributed by atoms with E-state index in [0.29, 0.717) is 19.6 Å². The Labute approximate surface area is 164 Å². The summed E-state index contributed by atoms with van der Waals surface area (Å²) in [6.45, 7) is 5.87. The number of amides is 1. The van der Waals surface area contributed by atoms with Crippen molar-refractivity contribution in [3.63, 3.8) is 0 Å². The normalized spacial score (nSPS) is 10.9. The fraction of sp³-hybridized carbons (Fsp3) is 0.474. The van der Waals surface area contributed by atoms with Crippen molar-refractivity contribution >= 4 is 29.3 Å². The van der Waals surface area contributed by atoms with Crippen molar-refractivity contribution in [3.8, 4) is 0 Å². The standard InChI is InChI=1S/C19H26ClN3O2S/c1-14-18(15(2)23(22-14)10-11-25-3)13-21-19(24)5-4-12-26-17-8-6-16(20)7-9-17/h6-9H,4-5,10-13H2,1-3H3,(H,21,24). The zero-order valence-electron chi connectivity index (χ0n) is 15.5. The Morgan fingerprint density at radius 2 is 2.04 bits per heavy atom. The van der Waals surface area contributed by atoms with Crippen molar-refractivity contribution in [2.45, 2.75) is 44.7 Å². The van der Waals surface area contributed by atoms with Crippen LogP contribution in [-0.4, -0.2) is 35.2 Å². The summed E-state index contributed by atoms with van der Waals surface area (Å²) in [5.74, 6) is 0.979. The van der Waals surface area contributed by atoms with Crippen LogP contribution in [0.1, 0.15) is 29.8 Å². The number of rotatable bonds is 10. The molecule has 0 radical (unpaired) electrons. The Morgan fingerprint density at radius 1 is 1.31 bits per heavy atom. The maximum Gasteiger partial charge on any atom is 0.220 e. The van der Waals surface area contributed by atoms with E-state index in [1.165, 1.54) is 4.90 Å². The molecule has 0 atom stereocenters. The van der Waals surface area contributed by atoms with Gasteiger partial charge in [-0.3, -0.25) is 9.48 Å². The molecular weight excluding hydrogens is 370 g/mol. The Kier molecular flexibility index (Phi) is 8.48. The van der Waals surface area contributed by atoms with Crippen molar-refractivity contribution in [2.24, 2.45) is 0 Å². The molecule has 1 N–H and O–H groups in total. The molecule has 0 unspecified atom stereocenters. The van der Waals surface area contributed by atoms with Crippen LogP contribution in [0.2, 0.25) is 5.02 Å². The van der Waals surface area contributed by atoms with Crippen molar-refractivity contribution in [1.82, 2.24) is 15.1 Å². The second kappa shape index (κ2) is 10.6. The molecule has 0 bridgehead atoms. The van der Waals surface area contributed by atoms with E-state index in [4.69, 9.17) is 16.3 Å². The fourth-order valence-electron chi connectivity index (χ4n) is 2.61. The molecule has 2 aromatic rings. The predicted octanol–water partition coefficient (Wildman–Crippen LogP) is 3.99. The summed E-state index contributed by atoms with van der Waals surface area (Å²) in [4.78, 5) is 13.3. The van der Waals surface area contributed by atoms with Gasteiger partial charge in [0.15, 0.2) is 0 Å². The van der Waals surface area contributed by atoms with E-state index in [-0.39, 0.29) is 5.91 Å². The molecule has 1 aromatic heterocycles. The summed E-state index contributed by atoms with van der Waals surface area (Å²) in [5, 5.41) is 8.26. The predicted molar refractivity (Wildman–Crippen MR) is 107 cm³/mol. The summed E-state index contributed by atoms with van der Waals surface area (Å²) in [7, 11) is 1.68. The van der Waals surface area contributed by atoms with Crippen LogP contribution in [0.15, 0.2) is 29.2 Å². The van der Waals surface area contributed by atoms with Gasteiger partial charge in [0.1, 0.15) is 0 Å². The van der Waals surface area contributed by atoms with Gasteiger partial charge in [-0.2, -0.15) is 5.10 Å². The number of carbonyl (C=O) groups is 1. The Hall–Kier alpha value is -1.50. The molecule has 1 aromatic carbocycles. The lowest BCUT2D eigenvalue weighted by Gasteiger charge is -2.07. The van der Waals surface area contributed by atoms with E-state index in [1.54, 1.807) is 18.9 Å². The zero-order valence-corrected chi connectivity index (χ0v) is 17.1. The van der Waals surface area contributed by atoms with Crippen LogP contribution >= 0.6 is 23.4 Å². The van der Waals surface area contributed by atoms with Crippen LogP contribution in [0, 0.1) is 13.8 Å². The summed E-state index contributed by atoms with van der Waals surface area (Å²) < 4.78 is 7.04. The minimum atomic E-state index is 0.0742.